The number of nitrogens with zero attached hydrogens (tertiary/aromatic N) is 4. The Labute approximate surface area is 154 Å². The Balaban J connectivity index is 1.54. The van der Waals surface area contributed by atoms with Crippen molar-refractivity contribution >= 4 is 17.7 Å². The molecule has 1 N–H and O–H groups in total. The lowest BCUT2D eigenvalue weighted by molar-refractivity contribution is 0.0926. The number of carbonyl (C=O) groups is 1. The second-order valence-corrected chi connectivity index (χ2v) is 6.46. The molecule has 0 saturated carbocycles. The minimum Gasteiger partial charge on any atom is -0.484 e. The largest absolute Gasteiger partial charge is 0.484 e. The standard InChI is InChI=1S/C17H19N5O3S/c1-12(8-22-11-18-10-19-22)20-17(23)14-7-13(25-21-14)9-24-15-5-3-4-6-16(15)26-2/h3-7,10-12H,8-9H2,1-2H3,(H,20,23)/t12-/m1/s1. The molecular weight excluding hydrogens is 354 g/mol. The molecule has 0 unspecified atom stereocenters. The average molecular weight is 373 g/mol. The summed E-state index contributed by atoms with van der Waals surface area (Å²) in [6.07, 6.45) is 5.04. The predicted molar refractivity (Wildman–Crippen MR) is 96.0 cm³/mol. The van der Waals surface area contributed by atoms with Crippen LogP contribution in [0.15, 0.2) is 52.4 Å². The fourth-order valence-corrected chi connectivity index (χ4v) is 2.87. The minimum atomic E-state index is -0.308. The number of hydrogen-bond acceptors (Lipinski definition) is 7. The summed E-state index contributed by atoms with van der Waals surface area (Å²) in [7, 11) is 0. The second-order valence-electron chi connectivity index (χ2n) is 5.61. The van der Waals surface area contributed by atoms with Gasteiger partial charge in [-0.2, -0.15) is 5.10 Å². The molecular formula is C17H19N5O3S. The zero-order valence-corrected chi connectivity index (χ0v) is 15.3. The Hall–Kier alpha value is -2.81. The predicted octanol–water partition coefficient (Wildman–Crippen LogP) is 2.39. The summed E-state index contributed by atoms with van der Waals surface area (Å²) in [5.74, 6) is 0.941. The fourth-order valence-electron chi connectivity index (χ4n) is 2.33. The van der Waals surface area contributed by atoms with Gasteiger partial charge in [-0.05, 0) is 25.3 Å². The van der Waals surface area contributed by atoms with Crippen molar-refractivity contribution in [1.29, 1.82) is 0 Å². The van der Waals surface area contributed by atoms with E-state index in [-0.39, 0.29) is 24.2 Å². The molecule has 2 heterocycles. The highest BCUT2D eigenvalue weighted by molar-refractivity contribution is 7.98. The molecule has 0 saturated heterocycles. The van der Waals surface area contributed by atoms with Gasteiger partial charge in [0.15, 0.2) is 11.5 Å². The molecule has 0 spiro atoms. The van der Waals surface area contributed by atoms with E-state index >= 15 is 0 Å². The smallest absolute Gasteiger partial charge is 0.273 e. The van der Waals surface area contributed by atoms with Gasteiger partial charge in [0.2, 0.25) is 0 Å². The van der Waals surface area contributed by atoms with Crippen LogP contribution in [-0.2, 0) is 13.2 Å². The van der Waals surface area contributed by atoms with E-state index in [4.69, 9.17) is 9.26 Å². The van der Waals surface area contributed by atoms with Crippen LogP contribution in [0.5, 0.6) is 5.75 Å². The summed E-state index contributed by atoms with van der Waals surface area (Å²) in [6.45, 7) is 2.60. The maximum atomic E-state index is 12.2. The van der Waals surface area contributed by atoms with Crippen molar-refractivity contribution in [1.82, 2.24) is 25.2 Å². The number of benzene rings is 1. The number of hydrogen-bond donors (Lipinski definition) is 1. The summed E-state index contributed by atoms with van der Waals surface area (Å²) < 4.78 is 12.6. The molecule has 3 aromatic rings. The summed E-state index contributed by atoms with van der Waals surface area (Å²) in [5.41, 5.74) is 0.215. The number of aromatic nitrogens is 4. The molecule has 0 radical (unpaired) electrons. The van der Waals surface area contributed by atoms with Crippen LogP contribution in [0.1, 0.15) is 23.2 Å². The monoisotopic (exact) mass is 373 g/mol. The van der Waals surface area contributed by atoms with Crippen molar-refractivity contribution in [2.45, 2.75) is 31.0 Å². The number of carbonyl (C=O) groups excluding carboxylic acids is 1. The van der Waals surface area contributed by atoms with Crippen LogP contribution in [0, 0.1) is 0 Å². The Kier molecular flexibility index (Phi) is 5.90. The van der Waals surface area contributed by atoms with E-state index in [2.05, 4.69) is 20.6 Å². The first-order chi connectivity index (χ1) is 12.7. The number of amides is 1. The van der Waals surface area contributed by atoms with Crippen molar-refractivity contribution in [3.05, 3.63) is 54.4 Å². The van der Waals surface area contributed by atoms with Gasteiger partial charge in [0.1, 0.15) is 25.0 Å². The molecule has 0 fully saturated rings. The number of para-hydroxylation sites is 1. The lowest BCUT2D eigenvalue weighted by Crippen LogP contribution is -2.36. The van der Waals surface area contributed by atoms with E-state index in [1.54, 1.807) is 28.8 Å². The van der Waals surface area contributed by atoms with Crippen molar-refractivity contribution in [3.8, 4) is 5.75 Å². The Bertz CT molecular complexity index is 850. The van der Waals surface area contributed by atoms with E-state index in [0.717, 1.165) is 10.6 Å². The number of thioether (sulfide) groups is 1. The Morgan fingerprint density at radius 1 is 1.42 bits per heavy atom. The zero-order chi connectivity index (χ0) is 18.4. The zero-order valence-electron chi connectivity index (χ0n) is 14.5. The van der Waals surface area contributed by atoms with Gasteiger partial charge >= 0.3 is 0 Å². The van der Waals surface area contributed by atoms with Crippen LogP contribution in [-0.4, -0.2) is 38.1 Å². The molecule has 0 aliphatic rings. The molecule has 1 aromatic carbocycles. The van der Waals surface area contributed by atoms with Crippen molar-refractivity contribution in [2.24, 2.45) is 0 Å². The van der Waals surface area contributed by atoms with Gasteiger partial charge in [-0.3, -0.25) is 9.48 Å². The summed E-state index contributed by atoms with van der Waals surface area (Å²) in [6, 6.07) is 9.19. The van der Waals surface area contributed by atoms with E-state index in [9.17, 15) is 4.79 Å². The number of rotatable bonds is 8. The molecule has 9 heteroatoms. The lowest BCUT2D eigenvalue weighted by Gasteiger charge is -2.12. The van der Waals surface area contributed by atoms with E-state index < -0.39 is 0 Å². The van der Waals surface area contributed by atoms with Crippen LogP contribution in [0.2, 0.25) is 0 Å². The summed E-state index contributed by atoms with van der Waals surface area (Å²) >= 11 is 1.60. The lowest BCUT2D eigenvalue weighted by atomic mass is 10.3. The number of nitrogens with one attached hydrogen (secondary N) is 1. The van der Waals surface area contributed by atoms with Crippen LogP contribution in [0.4, 0.5) is 0 Å². The quantitative estimate of drug-likeness (QED) is 0.606. The fraction of sp³-hybridized carbons (Fsp3) is 0.294. The van der Waals surface area contributed by atoms with E-state index in [1.807, 2.05) is 37.4 Å². The molecule has 3 rings (SSSR count). The van der Waals surface area contributed by atoms with Gasteiger partial charge < -0.3 is 14.6 Å². The molecule has 0 aliphatic heterocycles. The summed E-state index contributed by atoms with van der Waals surface area (Å²) in [4.78, 5) is 17.2. The third-order valence-electron chi connectivity index (χ3n) is 3.54. The molecule has 1 amide bonds. The molecule has 8 nitrogen and oxygen atoms in total. The van der Waals surface area contributed by atoms with Crippen molar-refractivity contribution in [2.75, 3.05) is 6.26 Å². The molecule has 136 valence electrons. The topological polar surface area (TPSA) is 95.1 Å². The minimum absolute atomic E-state index is 0.131. The van der Waals surface area contributed by atoms with Gasteiger partial charge in [-0.15, -0.1) is 11.8 Å². The molecule has 2 aromatic heterocycles. The third kappa shape index (κ3) is 4.63. The van der Waals surface area contributed by atoms with Gasteiger partial charge in [-0.1, -0.05) is 17.3 Å². The highest BCUT2D eigenvalue weighted by atomic mass is 32.2. The SMILES string of the molecule is CSc1ccccc1OCc1cc(C(=O)N[C@H](C)Cn2cncn2)no1. The van der Waals surface area contributed by atoms with Crippen LogP contribution < -0.4 is 10.1 Å². The van der Waals surface area contributed by atoms with Crippen LogP contribution in [0.3, 0.4) is 0 Å². The number of ether oxygens (including phenoxy) is 1. The van der Waals surface area contributed by atoms with E-state index in [1.165, 1.54) is 6.33 Å². The van der Waals surface area contributed by atoms with Crippen molar-refractivity contribution in [3.63, 3.8) is 0 Å². The van der Waals surface area contributed by atoms with Crippen LogP contribution >= 0.6 is 11.8 Å². The Morgan fingerprint density at radius 2 is 2.27 bits per heavy atom. The van der Waals surface area contributed by atoms with Crippen LogP contribution in [0.25, 0.3) is 0 Å². The molecule has 26 heavy (non-hydrogen) atoms. The first kappa shape index (κ1) is 18.0. The average Bonchev–Trinajstić information content (AvgIpc) is 3.32. The normalized spacial score (nSPS) is 11.9. The highest BCUT2D eigenvalue weighted by Crippen LogP contribution is 2.27. The maximum absolute atomic E-state index is 12.2. The molecule has 1 atom stereocenters. The molecule has 0 aliphatic carbocycles. The van der Waals surface area contributed by atoms with Gasteiger partial charge in [-0.25, -0.2) is 4.98 Å². The Morgan fingerprint density at radius 3 is 3.04 bits per heavy atom. The van der Waals surface area contributed by atoms with Crippen molar-refractivity contribution < 1.29 is 14.1 Å². The van der Waals surface area contributed by atoms with Gasteiger partial charge in [0, 0.05) is 17.0 Å². The van der Waals surface area contributed by atoms with Gasteiger partial charge in [0.25, 0.3) is 5.91 Å². The summed E-state index contributed by atoms with van der Waals surface area (Å²) in [5, 5.41) is 10.7. The molecule has 0 bridgehead atoms. The third-order valence-corrected chi connectivity index (χ3v) is 4.31. The van der Waals surface area contributed by atoms with E-state index in [0.29, 0.717) is 12.3 Å². The first-order valence-electron chi connectivity index (χ1n) is 8.00. The first-order valence-corrected chi connectivity index (χ1v) is 9.23. The maximum Gasteiger partial charge on any atom is 0.273 e. The van der Waals surface area contributed by atoms with Gasteiger partial charge in [0.05, 0.1) is 6.54 Å². The highest BCUT2D eigenvalue weighted by Gasteiger charge is 2.16. The second kappa shape index (κ2) is 8.52.